The molecule has 0 saturated carbocycles. The number of nitrogens with zero attached hydrogens (tertiary/aromatic N) is 1. The molecule has 0 unspecified atom stereocenters. The Morgan fingerprint density at radius 3 is 2.48 bits per heavy atom. The first kappa shape index (κ1) is 18.4. The Kier molecular flexibility index (Phi) is 5.38. The molecule has 1 aromatic carbocycles. The summed E-state index contributed by atoms with van der Waals surface area (Å²) in [4.78, 5) is 35.7. The predicted octanol–water partition coefficient (Wildman–Crippen LogP) is 3.32. The number of nitrogens with one attached hydrogen (secondary N) is 1. The molecular formula is C16H16N2O6S. The molecule has 0 fully saturated rings. The van der Waals surface area contributed by atoms with Crippen molar-refractivity contribution in [3.05, 3.63) is 49.9 Å². The highest BCUT2D eigenvalue weighted by Crippen LogP contribution is 2.34. The van der Waals surface area contributed by atoms with Crippen molar-refractivity contribution in [1.29, 1.82) is 0 Å². The van der Waals surface area contributed by atoms with Crippen molar-refractivity contribution in [3.63, 3.8) is 0 Å². The van der Waals surface area contributed by atoms with Gasteiger partial charge in [0.25, 0.3) is 5.91 Å². The van der Waals surface area contributed by atoms with E-state index in [1.807, 2.05) is 6.92 Å². The SMILES string of the molecule is COC(=O)c1c(NC(=O)c2ccc(OC)c([N+](=O)[O-])c2)sc(C)c1C. The number of anilines is 1. The minimum absolute atomic E-state index is 0.0552. The van der Waals surface area contributed by atoms with Crippen LogP contribution in [0.25, 0.3) is 0 Å². The van der Waals surface area contributed by atoms with Crippen molar-refractivity contribution >= 4 is 33.9 Å². The molecule has 0 bridgehead atoms. The van der Waals surface area contributed by atoms with Crippen LogP contribution in [-0.2, 0) is 4.74 Å². The molecule has 1 heterocycles. The summed E-state index contributed by atoms with van der Waals surface area (Å²) in [6.45, 7) is 3.58. The second-order valence-corrected chi connectivity index (χ2v) is 6.30. The molecule has 132 valence electrons. The lowest BCUT2D eigenvalue weighted by atomic mass is 10.1. The Balaban J connectivity index is 2.38. The normalized spacial score (nSPS) is 10.2. The summed E-state index contributed by atoms with van der Waals surface area (Å²) in [5.41, 5.74) is 0.753. The molecule has 1 amide bonds. The van der Waals surface area contributed by atoms with Crippen molar-refractivity contribution in [2.75, 3.05) is 19.5 Å². The molecule has 2 rings (SSSR count). The first-order valence-electron chi connectivity index (χ1n) is 7.12. The van der Waals surface area contributed by atoms with Gasteiger partial charge in [0.15, 0.2) is 5.75 Å². The maximum Gasteiger partial charge on any atom is 0.341 e. The molecule has 0 aliphatic heterocycles. The van der Waals surface area contributed by atoms with E-state index >= 15 is 0 Å². The van der Waals surface area contributed by atoms with E-state index in [4.69, 9.17) is 9.47 Å². The number of hydrogen-bond donors (Lipinski definition) is 1. The van der Waals surface area contributed by atoms with Crippen molar-refractivity contribution in [2.45, 2.75) is 13.8 Å². The summed E-state index contributed by atoms with van der Waals surface area (Å²) in [6, 6.07) is 3.88. The Labute approximate surface area is 147 Å². The van der Waals surface area contributed by atoms with E-state index in [-0.39, 0.29) is 22.6 Å². The van der Waals surface area contributed by atoms with E-state index in [9.17, 15) is 19.7 Å². The van der Waals surface area contributed by atoms with E-state index in [0.717, 1.165) is 10.9 Å². The molecule has 9 heteroatoms. The molecular weight excluding hydrogens is 348 g/mol. The molecule has 2 aromatic rings. The summed E-state index contributed by atoms with van der Waals surface area (Å²) in [5.74, 6) is -1.07. The van der Waals surface area contributed by atoms with Gasteiger partial charge in [-0.2, -0.15) is 0 Å². The van der Waals surface area contributed by atoms with Gasteiger partial charge in [-0.25, -0.2) is 4.79 Å². The maximum atomic E-state index is 12.5. The van der Waals surface area contributed by atoms with Gasteiger partial charge in [-0.1, -0.05) is 0 Å². The van der Waals surface area contributed by atoms with Gasteiger partial charge in [-0.15, -0.1) is 11.3 Å². The number of hydrogen-bond acceptors (Lipinski definition) is 7. The fourth-order valence-electron chi connectivity index (χ4n) is 2.21. The Bertz CT molecular complexity index is 859. The van der Waals surface area contributed by atoms with E-state index in [1.54, 1.807) is 6.92 Å². The lowest BCUT2D eigenvalue weighted by Crippen LogP contribution is -2.14. The van der Waals surface area contributed by atoms with Crippen LogP contribution in [0.3, 0.4) is 0 Å². The molecule has 1 aromatic heterocycles. The third-order valence-corrected chi connectivity index (χ3v) is 4.76. The second kappa shape index (κ2) is 7.31. The Morgan fingerprint density at radius 1 is 1.24 bits per heavy atom. The minimum atomic E-state index is -0.630. The van der Waals surface area contributed by atoms with Gasteiger partial charge in [-0.3, -0.25) is 14.9 Å². The quantitative estimate of drug-likeness (QED) is 0.495. The van der Waals surface area contributed by atoms with Crippen LogP contribution >= 0.6 is 11.3 Å². The number of thiophene rings is 1. The molecule has 0 spiro atoms. The predicted molar refractivity (Wildman–Crippen MR) is 92.7 cm³/mol. The van der Waals surface area contributed by atoms with Crippen molar-refractivity contribution < 1.29 is 24.0 Å². The summed E-state index contributed by atoms with van der Waals surface area (Å²) in [5, 5.41) is 14.0. The minimum Gasteiger partial charge on any atom is -0.490 e. The zero-order valence-corrected chi connectivity index (χ0v) is 14.9. The van der Waals surface area contributed by atoms with Crippen LogP contribution in [0.2, 0.25) is 0 Å². The summed E-state index contributed by atoms with van der Waals surface area (Å²) in [6.07, 6.45) is 0. The Hall–Kier alpha value is -2.94. The van der Waals surface area contributed by atoms with Crippen LogP contribution in [0.5, 0.6) is 5.75 Å². The average Bonchev–Trinajstić information content (AvgIpc) is 2.87. The number of carbonyl (C=O) groups is 2. The fraction of sp³-hybridized carbons (Fsp3) is 0.250. The van der Waals surface area contributed by atoms with Crippen LogP contribution in [-0.4, -0.2) is 31.0 Å². The third-order valence-electron chi connectivity index (χ3n) is 3.64. The van der Waals surface area contributed by atoms with Crippen LogP contribution in [0.1, 0.15) is 31.2 Å². The topological polar surface area (TPSA) is 108 Å². The van der Waals surface area contributed by atoms with E-state index in [2.05, 4.69) is 5.32 Å². The van der Waals surface area contributed by atoms with E-state index in [0.29, 0.717) is 10.6 Å². The molecule has 0 saturated heterocycles. The van der Waals surface area contributed by atoms with E-state index < -0.39 is 16.8 Å². The number of nitro benzene ring substituents is 1. The molecule has 8 nitrogen and oxygen atoms in total. The zero-order chi connectivity index (χ0) is 18.7. The number of ether oxygens (including phenoxy) is 2. The van der Waals surface area contributed by atoms with Gasteiger partial charge in [0, 0.05) is 16.5 Å². The molecule has 1 N–H and O–H groups in total. The number of methoxy groups -OCH3 is 2. The van der Waals surface area contributed by atoms with Gasteiger partial charge in [0.05, 0.1) is 24.7 Å². The molecule has 25 heavy (non-hydrogen) atoms. The number of benzene rings is 1. The van der Waals surface area contributed by atoms with Gasteiger partial charge in [0.1, 0.15) is 5.00 Å². The highest BCUT2D eigenvalue weighted by molar-refractivity contribution is 7.16. The highest BCUT2D eigenvalue weighted by Gasteiger charge is 2.23. The van der Waals surface area contributed by atoms with Gasteiger partial charge in [0.2, 0.25) is 0 Å². The molecule has 0 aliphatic carbocycles. The van der Waals surface area contributed by atoms with Crippen LogP contribution in [0.4, 0.5) is 10.7 Å². The fourth-order valence-corrected chi connectivity index (χ4v) is 3.26. The summed E-state index contributed by atoms with van der Waals surface area (Å²) in [7, 11) is 2.56. The van der Waals surface area contributed by atoms with Crippen molar-refractivity contribution in [3.8, 4) is 5.75 Å². The number of nitro groups is 1. The molecule has 0 radical (unpaired) electrons. The number of amides is 1. The molecule has 0 aliphatic rings. The zero-order valence-electron chi connectivity index (χ0n) is 14.0. The summed E-state index contributed by atoms with van der Waals surface area (Å²) >= 11 is 1.23. The number of rotatable bonds is 5. The van der Waals surface area contributed by atoms with Crippen LogP contribution in [0, 0.1) is 24.0 Å². The summed E-state index contributed by atoms with van der Waals surface area (Å²) < 4.78 is 9.66. The monoisotopic (exact) mass is 364 g/mol. The number of aryl methyl sites for hydroxylation is 1. The van der Waals surface area contributed by atoms with Crippen LogP contribution in [0.15, 0.2) is 18.2 Å². The van der Waals surface area contributed by atoms with Gasteiger partial charge >= 0.3 is 11.7 Å². The van der Waals surface area contributed by atoms with Crippen molar-refractivity contribution in [1.82, 2.24) is 0 Å². The smallest absolute Gasteiger partial charge is 0.341 e. The third kappa shape index (κ3) is 3.61. The number of carbonyl (C=O) groups excluding carboxylic acids is 2. The first-order valence-corrected chi connectivity index (χ1v) is 7.93. The van der Waals surface area contributed by atoms with Gasteiger partial charge in [-0.05, 0) is 31.5 Å². The molecule has 0 atom stereocenters. The Morgan fingerprint density at radius 2 is 1.92 bits per heavy atom. The van der Waals surface area contributed by atoms with Crippen LogP contribution < -0.4 is 10.1 Å². The highest BCUT2D eigenvalue weighted by atomic mass is 32.1. The largest absolute Gasteiger partial charge is 0.490 e. The lowest BCUT2D eigenvalue weighted by Gasteiger charge is -2.07. The van der Waals surface area contributed by atoms with E-state index in [1.165, 1.54) is 37.7 Å². The van der Waals surface area contributed by atoms with Gasteiger partial charge < -0.3 is 14.8 Å². The first-order chi connectivity index (χ1) is 11.8. The average molecular weight is 364 g/mol. The standard InChI is InChI=1S/C16H16N2O6S/c1-8-9(2)25-15(13(8)16(20)24-4)17-14(19)10-5-6-12(23-3)11(7-10)18(21)22/h5-7H,1-4H3,(H,17,19). The maximum absolute atomic E-state index is 12.5. The van der Waals surface area contributed by atoms with Crippen molar-refractivity contribution in [2.24, 2.45) is 0 Å². The number of esters is 1. The second-order valence-electron chi connectivity index (χ2n) is 5.08. The lowest BCUT2D eigenvalue weighted by molar-refractivity contribution is -0.385.